The van der Waals surface area contributed by atoms with E-state index in [2.05, 4.69) is 6.07 Å². The molecule has 0 aliphatic heterocycles. The van der Waals surface area contributed by atoms with Crippen molar-refractivity contribution in [3.8, 4) is 11.5 Å². The Morgan fingerprint density at radius 3 is 2.38 bits per heavy atom. The van der Waals surface area contributed by atoms with Crippen LogP contribution in [0.5, 0.6) is 11.5 Å². The van der Waals surface area contributed by atoms with Crippen LogP contribution in [-0.4, -0.2) is 34.1 Å². The van der Waals surface area contributed by atoms with Gasteiger partial charge in [0.25, 0.3) is 0 Å². The fourth-order valence-corrected chi connectivity index (χ4v) is 4.49. The minimum absolute atomic E-state index is 0.606. The molecule has 21 heavy (non-hydrogen) atoms. The second kappa shape index (κ2) is 7.44. The number of para-hydroxylation sites is 1. The van der Waals surface area contributed by atoms with Crippen LogP contribution in [0.4, 0.5) is 11.4 Å². The summed E-state index contributed by atoms with van der Waals surface area (Å²) in [4.78, 5) is 0. The summed E-state index contributed by atoms with van der Waals surface area (Å²) in [5.74, 6) is 1.51. The Morgan fingerprint density at radius 2 is 1.67 bits per heavy atom. The summed E-state index contributed by atoms with van der Waals surface area (Å²) in [6, 6.07) is 11.9. The number of anilines is 2. The number of benzene rings is 2. The van der Waals surface area contributed by atoms with Gasteiger partial charge in [0.05, 0.1) is 0 Å². The maximum atomic E-state index is 6.20. The van der Waals surface area contributed by atoms with E-state index in [1.807, 2.05) is 44.2 Å². The van der Waals surface area contributed by atoms with E-state index in [-0.39, 0.29) is 0 Å². The first-order chi connectivity index (χ1) is 10.2. The van der Waals surface area contributed by atoms with Crippen molar-refractivity contribution in [3.63, 3.8) is 0 Å². The molecule has 4 N–H and O–H groups in total. The van der Waals surface area contributed by atoms with Crippen LogP contribution >= 0.6 is 0 Å². The van der Waals surface area contributed by atoms with Crippen molar-refractivity contribution < 1.29 is 9.47 Å². The number of hydrogen-bond acceptors (Lipinski definition) is 4. The summed E-state index contributed by atoms with van der Waals surface area (Å²) in [6.07, 6.45) is 0. The third-order valence-electron chi connectivity index (χ3n) is 2.84. The Kier molecular flexibility index (Phi) is 5.60. The summed E-state index contributed by atoms with van der Waals surface area (Å²) >= 11 is -0.606. The molecule has 112 valence electrons. The zero-order valence-corrected chi connectivity index (χ0v) is 14.6. The van der Waals surface area contributed by atoms with Crippen molar-refractivity contribution in [2.24, 2.45) is 0 Å². The van der Waals surface area contributed by atoms with Crippen LogP contribution in [-0.2, 0) is 0 Å². The number of rotatable bonds is 6. The van der Waals surface area contributed by atoms with E-state index in [0.717, 1.165) is 17.2 Å². The molecule has 0 fully saturated rings. The predicted octanol–water partition coefficient (Wildman–Crippen LogP) is 1.30. The summed E-state index contributed by atoms with van der Waals surface area (Å²) in [5, 5.41) is 0. The molecule has 0 radical (unpaired) electrons. The SMILES string of the molecule is CCOc1cc([Te]c2cccc(OCC)c2N)ccc1N. The monoisotopic (exact) mass is 402 g/mol. The second-order valence-electron chi connectivity index (χ2n) is 4.34. The molecule has 0 unspecified atom stereocenters. The average Bonchev–Trinajstić information content (AvgIpc) is 2.47. The van der Waals surface area contributed by atoms with Gasteiger partial charge in [0.1, 0.15) is 0 Å². The molecular weight excluding hydrogens is 380 g/mol. The van der Waals surface area contributed by atoms with Gasteiger partial charge in [0.15, 0.2) is 0 Å². The molecule has 5 heteroatoms. The van der Waals surface area contributed by atoms with E-state index in [4.69, 9.17) is 20.9 Å². The average molecular weight is 400 g/mol. The van der Waals surface area contributed by atoms with Crippen molar-refractivity contribution in [2.75, 3.05) is 24.7 Å². The van der Waals surface area contributed by atoms with Crippen LogP contribution in [0.2, 0.25) is 0 Å². The van der Waals surface area contributed by atoms with Gasteiger partial charge in [-0.2, -0.15) is 0 Å². The number of nitrogen functional groups attached to an aromatic ring is 2. The topological polar surface area (TPSA) is 70.5 Å². The molecular formula is C16H20N2O2Te. The molecule has 2 aromatic carbocycles. The number of hydrogen-bond donors (Lipinski definition) is 2. The molecule has 0 aliphatic carbocycles. The molecule has 0 aliphatic rings. The quantitative estimate of drug-likeness (QED) is 0.567. The van der Waals surface area contributed by atoms with Crippen molar-refractivity contribution in [2.45, 2.75) is 13.8 Å². The Balaban J connectivity index is 2.26. The van der Waals surface area contributed by atoms with E-state index in [1.54, 1.807) is 0 Å². The van der Waals surface area contributed by atoms with Crippen LogP contribution < -0.4 is 28.2 Å². The third kappa shape index (κ3) is 3.96. The van der Waals surface area contributed by atoms with Gasteiger partial charge in [-0.15, -0.1) is 0 Å². The molecule has 2 rings (SSSR count). The van der Waals surface area contributed by atoms with Crippen LogP contribution in [0.15, 0.2) is 36.4 Å². The molecule has 0 saturated carbocycles. The molecule has 0 aromatic heterocycles. The molecule has 4 nitrogen and oxygen atoms in total. The van der Waals surface area contributed by atoms with Gasteiger partial charge in [0, 0.05) is 0 Å². The maximum absolute atomic E-state index is 6.20. The van der Waals surface area contributed by atoms with Crippen LogP contribution in [0, 0.1) is 0 Å². The van der Waals surface area contributed by atoms with E-state index >= 15 is 0 Å². The van der Waals surface area contributed by atoms with Crippen molar-refractivity contribution in [3.05, 3.63) is 36.4 Å². The Morgan fingerprint density at radius 1 is 0.952 bits per heavy atom. The number of ether oxygens (including phenoxy) is 2. The molecule has 0 bridgehead atoms. The number of nitrogens with two attached hydrogens (primary N) is 2. The first kappa shape index (κ1) is 15.8. The fourth-order valence-electron chi connectivity index (χ4n) is 1.88. The van der Waals surface area contributed by atoms with E-state index in [9.17, 15) is 0 Å². The molecule has 0 spiro atoms. The fraction of sp³-hybridized carbons (Fsp3) is 0.250. The van der Waals surface area contributed by atoms with E-state index in [1.165, 1.54) is 7.22 Å². The zero-order chi connectivity index (χ0) is 15.2. The van der Waals surface area contributed by atoms with Gasteiger partial charge in [-0.1, -0.05) is 0 Å². The Bertz CT molecular complexity index is 617. The predicted molar refractivity (Wildman–Crippen MR) is 89.1 cm³/mol. The molecule has 0 saturated heterocycles. The Hall–Kier alpha value is -1.57. The normalized spacial score (nSPS) is 10.4. The van der Waals surface area contributed by atoms with Gasteiger partial charge < -0.3 is 0 Å². The van der Waals surface area contributed by atoms with Gasteiger partial charge in [0.2, 0.25) is 0 Å². The van der Waals surface area contributed by atoms with Crippen LogP contribution in [0.3, 0.4) is 0 Å². The summed E-state index contributed by atoms with van der Waals surface area (Å²) < 4.78 is 13.5. The van der Waals surface area contributed by atoms with Crippen molar-refractivity contribution in [1.82, 2.24) is 0 Å². The van der Waals surface area contributed by atoms with Gasteiger partial charge in [-0.05, 0) is 0 Å². The van der Waals surface area contributed by atoms with Gasteiger partial charge in [-0.3, -0.25) is 0 Å². The van der Waals surface area contributed by atoms with Gasteiger partial charge in [-0.25, -0.2) is 0 Å². The van der Waals surface area contributed by atoms with Crippen molar-refractivity contribution in [1.29, 1.82) is 0 Å². The van der Waals surface area contributed by atoms with Crippen LogP contribution in [0.25, 0.3) is 0 Å². The van der Waals surface area contributed by atoms with E-state index in [0.29, 0.717) is 18.9 Å². The molecule has 0 amide bonds. The van der Waals surface area contributed by atoms with Crippen LogP contribution in [0.1, 0.15) is 13.8 Å². The Labute approximate surface area is 135 Å². The molecule has 0 atom stereocenters. The first-order valence-corrected chi connectivity index (χ1v) is 9.20. The summed E-state index contributed by atoms with van der Waals surface area (Å²) in [5.41, 5.74) is 13.5. The minimum atomic E-state index is -0.606. The third-order valence-corrected chi connectivity index (χ3v) is 5.88. The first-order valence-electron chi connectivity index (χ1n) is 6.87. The summed E-state index contributed by atoms with van der Waals surface area (Å²) in [6.45, 7) is 5.13. The zero-order valence-electron chi connectivity index (χ0n) is 12.3. The standard InChI is InChI=1S/C16H20N2O2Te/c1-3-19-13-6-5-7-15(16(13)18)21-11-8-9-12(17)14(10-11)20-4-2/h5-10H,3-4,17-18H2,1-2H3. The summed E-state index contributed by atoms with van der Waals surface area (Å²) in [7, 11) is 0. The second-order valence-corrected chi connectivity index (χ2v) is 7.52. The molecule has 0 heterocycles. The molecule has 2 aromatic rings. The van der Waals surface area contributed by atoms with Gasteiger partial charge >= 0.3 is 135 Å². The van der Waals surface area contributed by atoms with E-state index < -0.39 is 20.9 Å². The van der Waals surface area contributed by atoms with Crippen molar-refractivity contribution >= 4 is 39.5 Å².